The molecule has 1 unspecified atom stereocenters. The summed E-state index contributed by atoms with van der Waals surface area (Å²) in [6, 6.07) is 25.5. The topological polar surface area (TPSA) is 70.1 Å². The zero-order valence-corrected chi connectivity index (χ0v) is 20.1. The summed E-state index contributed by atoms with van der Waals surface area (Å²) >= 11 is 0. The molecule has 1 atom stereocenters. The Balaban J connectivity index is 1.61. The summed E-state index contributed by atoms with van der Waals surface area (Å²) in [6.07, 6.45) is 0.719. The Morgan fingerprint density at radius 1 is 0.914 bits per heavy atom. The average molecular weight is 471 g/mol. The summed E-state index contributed by atoms with van der Waals surface area (Å²) in [7, 11) is 3.94. The van der Waals surface area contributed by atoms with Crippen LogP contribution in [0.5, 0.6) is 5.75 Å². The smallest absolute Gasteiger partial charge is 0.295 e. The number of aliphatic hydroxyl groups excluding tert-OH is 1. The van der Waals surface area contributed by atoms with E-state index in [1.807, 2.05) is 79.7 Å². The molecular weight excluding hydrogens is 440 g/mol. The number of carbonyl (C=O) groups is 2. The number of aliphatic hydroxyl groups is 1. The minimum Gasteiger partial charge on any atom is -0.507 e. The van der Waals surface area contributed by atoms with Crippen LogP contribution >= 0.6 is 0 Å². The van der Waals surface area contributed by atoms with Crippen LogP contribution < -0.4 is 4.74 Å². The fourth-order valence-corrected chi connectivity index (χ4v) is 4.26. The number of carbonyl (C=O) groups excluding carboxylic acids is 2. The number of hydrogen-bond donors (Lipinski definition) is 1. The van der Waals surface area contributed by atoms with Crippen LogP contribution in [0.2, 0.25) is 0 Å². The Morgan fingerprint density at radius 3 is 2.17 bits per heavy atom. The van der Waals surface area contributed by atoms with E-state index in [9.17, 15) is 14.7 Å². The van der Waals surface area contributed by atoms with Crippen molar-refractivity contribution < 1.29 is 19.4 Å². The van der Waals surface area contributed by atoms with Crippen LogP contribution in [0.25, 0.3) is 5.76 Å². The Kier molecular flexibility index (Phi) is 7.63. The molecule has 3 aromatic rings. The van der Waals surface area contributed by atoms with Crippen LogP contribution in [0.3, 0.4) is 0 Å². The molecule has 1 N–H and O–H groups in total. The highest BCUT2D eigenvalue weighted by Gasteiger charge is 2.45. The van der Waals surface area contributed by atoms with E-state index in [1.54, 1.807) is 29.2 Å². The van der Waals surface area contributed by atoms with Crippen molar-refractivity contribution in [2.75, 3.05) is 27.2 Å². The maximum Gasteiger partial charge on any atom is 0.295 e. The van der Waals surface area contributed by atoms with Gasteiger partial charge in [0.15, 0.2) is 0 Å². The van der Waals surface area contributed by atoms with E-state index >= 15 is 0 Å². The lowest BCUT2D eigenvalue weighted by Gasteiger charge is -2.26. The molecule has 3 aromatic carbocycles. The molecule has 1 fully saturated rings. The van der Waals surface area contributed by atoms with E-state index in [4.69, 9.17) is 4.74 Å². The summed E-state index contributed by atoms with van der Waals surface area (Å²) in [5, 5.41) is 11.2. The molecule has 0 bridgehead atoms. The molecule has 0 spiro atoms. The van der Waals surface area contributed by atoms with Crippen LogP contribution in [-0.2, 0) is 16.2 Å². The molecule has 4 rings (SSSR count). The molecule has 0 radical (unpaired) electrons. The maximum absolute atomic E-state index is 13.1. The summed E-state index contributed by atoms with van der Waals surface area (Å²) in [6.45, 7) is 1.64. The van der Waals surface area contributed by atoms with Gasteiger partial charge in [-0.1, -0.05) is 60.7 Å². The van der Waals surface area contributed by atoms with E-state index in [1.165, 1.54) is 0 Å². The van der Waals surface area contributed by atoms with Gasteiger partial charge < -0.3 is 19.6 Å². The molecule has 35 heavy (non-hydrogen) atoms. The SMILES string of the molecule is CN(C)CCCN1C(=O)C(=O)/C(=C(\O)c2ccc(OCc3ccccc3)cc2)C1c1ccccc1. The number of benzene rings is 3. The average Bonchev–Trinajstić information content (AvgIpc) is 3.13. The van der Waals surface area contributed by atoms with Crippen molar-refractivity contribution in [1.29, 1.82) is 0 Å². The molecule has 1 saturated heterocycles. The molecule has 1 heterocycles. The minimum atomic E-state index is -0.661. The van der Waals surface area contributed by atoms with E-state index in [-0.39, 0.29) is 11.3 Å². The summed E-state index contributed by atoms with van der Waals surface area (Å²) < 4.78 is 5.83. The third-order valence-corrected chi connectivity index (χ3v) is 6.04. The summed E-state index contributed by atoms with van der Waals surface area (Å²) in [5.41, 5.74) is 2.42. The first-order chi connectivity index (χ1) is 17.0. The van der Waals surface area contributed by atoms with E-state index < -0.39 is 17.7 Å². The second-order valence-corrected chi connectivity index (χ2v) is 8.86. The zero-order chi connectivity index (χ0) is 24.8. The standard InChI is InChI=1S/C29H30N2O4/c1-30(2)18-9-19-31-26(22-12-7-4-8-13-22)25(28(33)29(31)34)27(32)23-14-16-24(17-15-23)35-20-21-10-5-3-6-11-21/h3-8,10-17,26,32H,9,18-20H2,1-2H3/b27-25-. The van der Waals surface area contributed by atoms with Crippen molar-refractivity contribution in [3.8, 4) is 5.75 Å². The molecule has 180 valence electrons. The summed E-state index contributed by atoms with van der Waals surface area (Å²) in [4.78, 5) is 29.7. The van der Waals surface area contributed by atoms with E-state index in [2.05, 4.69) is 0 Å². The van der Waals surface area contributed by atoms with Crippen molar-refractivity contribution >= 4 is 17.4 Å². The van der Waals surface area contributed by atoms with Crippen molar-refractivity contribution in [2.45, 2.75) is 19.1 Å². The van der Waals surface area contributed by atoms with Crippen LogP contribution in [0.4, 0.5) is 0 Å². The van der Waals surface area contributed by atoms with Gasteiger partial charge in [0.2, 0.25) is 0 Å². The number of ether oxygens (including phenoxy) is 1. The Labute approximate surface area is 206 Å². The van der Waals surface area contributed by atoms with Crippen molar-refractivity contribution in [1.82, 2.24) is 9.80 Å². The summed E-state index contributed by atoms with van der Waals surface area (Å²) in [5.74, 6) is -0.774. The van der Waals surface area contributed by atoms with Gasteiger partial charge in [-0.25, -0.2) is 0 Å². The number of nitrogens with zero attached hydrogens (tertiary/aromatic N) is 2. The monoisotopic (exact) mass is 470 g/mol. The lowest BCUT2D eigenvalue weighted by atomic mass is 9.95. The Hall–Kier alpha value is -3.90. The van der Waals surface area contributed by atoms with Gasteiger partial charge in [0.1, 0.15) is 18.1 Å². The quantitative estimate of drug-likeness (QED) is 0.280. The van der Waals surface area contributed by atoms with Crippen molar-refractivity contribution in [2.24, 2.45) is 0 Å². The first-order valence-corrected chi connectivity index (χ1v) is 11.7. The number of amides is 1. The largest absolute Gasteiger partial charge is 0.507 e. The van der Waals surface area contributed by atoms with Crippen LogP contribution in [0.1, 0.15) is 29.2 Å². The number of hydrogen-bond acceptors (Lipinski definition) is 5. The molecule has 6 nitrogen and oxygen atoms in total. The van der Waals surface area contributed by atoms with Crippen LogP contribution in [-0.4, -0.2) is 53.8 Å². The third kappa shape index (κ3) is 5.61. The molecule has 1 amide bonds. The first kappa shape index (κ1) is 24.2. The number of ketones is 1. The normalized spacial score (nSPS) is 17.2. The predicted octanol–water partition coefficient (Wildman–Crippen LogP) is 4.64. The van der Waals surface area contributed by atoms with Gasteiger partial charge in [-0.3, -0.25) is 9.59 Å². The van der Waals surface area contributed by atoms with Gasteiger partial charge in [-0.15, -0.1) is 0 Å². The fraction of sp³-hybridized carbons (Fsp3) is 0.241. The predicted molar refractivity (Wildman–Crippen MR) is 136 cm³/mol. The van der Waals surface area contributed by atoms with Crippen molar-refractivity contribution in [3.63, 3.8) is 0 Å². The first-order valence-electron chi connectivity index (χ1n) is 11.7. The van der Waals surface area contributed by atoms with Gasteiger partial charge in [0, 0.05) is 12.1 Å². The second-order valence-electron chi connectivity index (χ2n) is 8.86. The molecule has 0 aromatic heterocycles. The van der Waals surface area contributed by atoms with Gasteiger partial charge in [-0.2, -0.15) is 0 Å². The highest BCUT2D eigenvalue weighted by atomic mass is 16.5. The van der Waals surface area contributed by atoms with Crippen LogP contribution in [0.15, 0.2) is 90.5 Å². The van der Waals surface area contributed by atoms with Gasteiger partial charge in [-0.05, 0) is 62.5 Å². The van der Waals surface area contributed by atoms with Crippen LogP contribution in [0, 0.1) is 0 Å². The number of likely N-dealkylation sites (tertiary alicyclic amines) is 1. The minimum absolute atomic E-state index is 0.115. The van der Waals surface area contributed by atoms with Gasteiger partial charge in [0.25, 0.3) is 11.7 Å². The molecular formula is C29H30N2O4. The van der Waals surface area contributed by atoms with Gasteiger partial charge in [0.05, 0.1) is 11.6 Å². The number of Topliss-reactive ketones (excluding diaryl/α,β-unsaturated/α-hetero) is 1. The molecule has 1 aliphatic rings. The number of rotatable bonds is 9. The lowest BCUT2D eigenvalue weighted by Crippen LogP contribution is -2.32. The highest BCUT2D eigenvalue weighted by molar-refractivity contribution is 6.46. The molecule has 1 aliphatic heterocycles. The lowest BCUT2D eigenvalue weighted by molar-refractivity contribution is -0.139. The van der Waals surface area contributed by atoms with E-state index in [0.717, 1.165) is 24.1 Å². The fourth-order valence-electron chi connectivity index (χ4n) is 4.26. The maximum atomic E-state index is 13.1. The zero-order valence-electron chi connectivity index (χ0n) is 20.1. The molecule has 6 heteroatoms. The Morgan fingerprint density at radius 2 is 1.54 bits per heavy atom. The Bertz CT molecular complexity index is 1190. The van der Waals surface area contributed by atoms with E-state index in [0.29, 0.717) is 24.5 Å². The second kappa shape index (κ2) is 11.0. The van der Waals surface area contributed by atoms with Gasteiger partial charge >= 0.3 is 0 Å². The highest BCUT2D eigenvalue weighted by Crippen LogP contribution is 2.39. The third-order valence-electron chi connectivity index (χ3n) is 6.04. The molecule has 0 aliphatic carbocycles. The molecule has 0 saturated carbocycles. The van der Waals surface area contributed by atoms with Crippen molar-refractivity contribution in [3.05, 3.63) is 107 Å².